The van der Waals surface area contributed by atoms with Crippen LogP contribution in [0.2, 0.25) is 0 Å². The van der Waals surface area contributed by atoms with E-state index in [0.29, 0.717) is 0 Å². The fraction of sp³-hybridized carbons (Fsp3) is 0.182. The molecule has 0 aliphatic heterocycles. The maximum Gasteiger partial charge on any atom is 0.113 e. The van der Waals surface area contributed by atoms with Gasteiger partial charge in [0.2, 0.25) is 0 Å². The van der Waals surface area contributed by atoms with Crippen LogP contribution in [0.5, 0.6) is 0 Å². The van der Waals surface area contributed by atoms with Crippen molar-refractivity contribution in [1.29, 1.82) is 0 Å². The van der Waals surface area contributed by atoms with Crippen LogP contribution >= 0.6 is 0 Å². The summed E-state index contributed by atoms with van der Waals surface area (Å²) in [5.41, 5.74) is 3.17. The van der Waals surface area contributed by atoms with E-state index in [9.17, 15) is 0 Å². The zero-order valence-electron chi connectivity index (χ0n) is 8.88. The summed E-state index contributed by atoms with van der Waals surface area (Å²) >= 11 is 0. The number of hydrogen-bond donors (Lipinski definition) is 1. The van der Waals surface area contributed by atoms with E-state index in [4.69, 9.17) is 0 Å². The summed E-state index contributed by atoms with van der Waals surface area (Å²) in [6.07, 6.45) is 4.40. The Balaban J connectivity index is 2.01. The van der Waals surface area contributed by atoms with Crippen molar-refractivity contribution in [1.82, 2.24) is 25.0 Å². The second-order valence-electron chi connectivity index (χ2n) is 3.75. The standard InChI is InChI=1S/C11H11N5/c1-16-10-6-8(2-3-9(10)14-15-16)7-11-12-4-5-13-11/h2-6H,7H2,1H3,(H,12,13). The maximum absolute atomic E-state index is 4.21. The molecule has 0 atom stereocenters. The van der Waals surface area contributed by atoms with Gasteiger partial charge in [-0.1, -0.05) is 11.3 Å². The molecule has 0 aliphatic carbocycles. The monoisotopic (exact) mass is 213 g/mol. The molecule has 0 radical (unpaired) electrons. The molecule has 3 rings (SSSR count). The largest absolute Gasteiger partial charge is 0.348 e. The lowest BCUT2D eigenvalue weighted by Gasteiger charge is -1.99. The smallest absolute Gasteiger partial charge is 0.113 e. The number of H-pyrrole nitrogens is 1. The number of fused-ring (bicyclic) bond motifs is 1. The highest BCUT2D eigenvalue weighted by Gasteiger charge is 2.04. The van der Waals surface area contributed by atoms with Crippen LogP contribution in [0, 0.1) is 0 Å². The van der Waals surface area contributed by atoms with Crippen LogP contribution in [-0.4, -0.2) is 25.0 Å². The number of benzene rings is 1. The number of imidazole rings is 1. The lowest BCUT2D eigenvalue weighted by Crippen LogP contribution is -1.93. The van der Waals surface area contributed by atoms with Crippen LogP contribution in [0.25, 0.3) is 11.0 Å². The Morgan fingerprint density at radius 3 is 3.12 bits per heavy atom. The third-order valence-corrected chi connectivity index (χ3v) is 2.60. The summed E-state index contributed by atoms with van der Waals surface area (Å²) in [5, 5.41) is 8.02. The van der Waals surface area contributed by atoms with Gasteiger partial charge in [-0.25, -0.2) is 9.67 Å². The van der Waals surface area contributed by atoms with Gasteiger partial charge in [0.1, 0.15) is 11.3 Å². The highest BCUT2D eigenvalue weighted by Crippen LogP contribution is 2.14. The summed E-state index contributed by atoms with van der Waals surface area (Å²) in [5.74, 6) is 0.967. The van der Waals surface area contributed by atoms with Gasteiger partial charge in [-0.05, 0) is 17.7 Å². The van der Waals surface area contributed by atoms with Crippen molar-refractivity contribution >= 4 is 11.0 Å². The molecule has 0 aliphatic rings. The molecule has 0 fully saturated rings. The minimum Gasteiger partial charge on any atom is -0.348 e. The van der Waals surface area contributed by atoms with Gasteiger partial charge in [-0.15, -0.1) is 5.10 Å². The SMILES string of the molecule is Cn1nnc2ccc(Cc3ncc[nH]3)cc21. The molecule has 3 aromatic rings. The molecule has 1 N–H and O–H groups in total. The van der Waals surface area contributed by atoms with Crippen molar-refractivity contribution in [3.63, 3.8) is 0 Å². The van der Waals surface area contributed by atoms with Gasteiger partial charge in [0.15, 0.2) is 0 Å². The Kier molecular flexibility index (Phi) is 1.96. The minimum atomic E-state index is 0.800. The third-order valence-electron chi connectivity index (χ3n) is 2.60. The summed E-state index contributed by atoms with van der Waals surface area (Å²) in [6, 6.07) is 6.14. The summed E-state index contributed by atoms with van der Waals surface area (Å²) in [4.78, 5) is 7.30. The van der Waals surface area contributed by atoms with Gasteiger partial charge >= 0.3 is 0 Å². The van der Waals surface area contributed by atoms with Gasteiger partial charge in [0.05, 0.1) is 5.52 Å². The Labute approximate surface area is 92.1 Å². The third kappa shape index (κ3) is 1.46. The molecule has 2 heterocycles. The number of aryl methyl sites for hydroxylation is 1. The van der Waals surface area contributed by atoms with Gasteiger partial charge in [-0.3, -0.25) is 0 Å². The molecule has 0 saturated heterocycles. The molecule has 2 aromatic heterocycles. The quantitative estimate of drug-likeness (QED) is 0.697. The fourth-order valence-corrected chi connectivity index (χ4v) is 1.77. The van der Waals surface area contributed by atoms with Crippen molar-refractivity contribution in [3.05, 3.63) is 42.0 Å². The number of nitrogens with zero attached hydrogens (tertiary/aromatic N) is 4. The summed E-state index contributed by atoms with van der Waals surface area (Å²) in [6.45, 7) is 0. The van der Waals surface area contributed by atoms with Crippen molar-refractivity contribution in [2.24, 2.45) is 7.05 Å². The summed E-state index contributed by atoms with van der Waals surface area (Å²) < 4.78 is 1.78. The molecule has 16 heavy (non-hydrogen) atoms. The first kappa shape index (κ1) is 9.08. The number of aromatic amines is 1. The van der Waals surface area contributed by atoms with Crippen LogP contribution in [0.4, 0.5) is 0 Å². The topological polar surface area (TPSA) is 59.4 Å². The Morgan fingerprint density at radius 2 is 2.31 bits per heavy atom. The van der Waals surface area contributed by atoms with E-state index in [-0.39, 0.29) is 0 Å². The van der Waals surface area contributed by atoms with Gasteiger partial charge < -0.3 is 4.98 Å². The molecule has 0 unspecified atom stereocenters. The molecule has 1 aromatic carbocycles. The summed E-state index contributed by atoms with van der Waals surface area (Å²) in [7, 11) is 1.89. The van der Waals surface area contributed by atoms with Crippen LogP contribution in [0.3, 0.4) is 0 Å². The molecule has 5 heteroatoms. The number of aromatic nitrogens is 5. The zero-order valence-corrected chi connectivity index (χ0v) is 8.88. The first-order valence-corrected chi connectivity index (χ1v) is 5.09. The molecular formula is C11H11N5. The van der Waals surface area contributed by atoms with Crippen LogP contribution < -0.4 is 0 Å². The van der Waals surface area contributed by atoms with Crippen LogP contribution in [0.15, 0.2) is 30.6 Å². The average molecular weight is 213 g/mol. The van der Waals surface area contributed by atoms with E-state index >= 15 is 0 Å². The Bertz CT molecular complexity index is 608. The molecular weight excluding hydrogens is 202 g/mol. The first-order valence-electron chi connectivity index (χ1n) is 5.09. The van der Waals surface area contributed by atoms with Crippen molar-refractivity contribution in [2.75, 3.05) is 0 Å². The lowest BCUT2D eigenvalue weighted by atomic mass is 10.1. The molecule has 0 spiro atoms. The predicted octanol–water partition coefficient (Wildman–Crippen LogP) is 1.28. The molecule has 5 nitrogen and oxygen atoms in total. The minimum absolute atomic E-state index is 0.800. The normalized spacial score (nSPS) is 11.1. The first-order chi connectivity index (χ1) is 7.83. The van der Waals surface area contributed by atoms with Gasteiger partial charge in [0, 0.05) is 25.9 Å². The highest BCUT2D eigenvalue weighted by atomic mass is 15.4. The number of hydrogen-bond acceptors (Lipinski definition) is 3. The Hall–Kier alpha value is -2.17. The average Bonchev–Trinajstić information content (AvgIpc) is 2.90. The molecule has 0 amide bonds. The van der Waals surface area contributed by atoms with E-state index in [1.165, 1.54) is 5.56 Å². The Morgan fingerprint density at radius 1 is 1.38 bits per heavy atom. The van der Waals surface area contributed by atoms with E-state index in [1.807, 2.05) is 19.3 Å². The number of rotatable bonds is 2. The second-order valence-corrected chi connectivity index (χ2v) is 3.75. The van der Waals surface area contributed by atoms with E-state index < -0.39 is 0 Å². The van der Waals surface area contributed by atoms with Gasteiger partial charge in [-0.2, -0.15) is 0 Å². The van der Waals surface area contributed by atoms with Crippen LogP contribution in [-0.2, 0) is 13.5 Å². The zero-order chi connectivity index (χ0) is 11.0. The van der Waals surface area contributed by atoms with E-state index in [1.54, 1.807) is 10.9 Å². The fourth-order valence-electron chi connectivity index (χ4n) is 1.77. The molecule has 0 saturated carbocycles. The predicted molar refractivity (Wildman–Crippen MR) is 59.9 cm³/mol. The number of nitrogens with one attached hydrogen (secondary N) is 1. The lowest BCUT2D eigenvalue weighted by molar-refractivity contribution is 0.736. The van der Waals surface area contributed by atoms with E-state index in [0.717, 1.165) is 23.3 Å². The van der Waals surface area contributed by atoms with Gasteiger partial charge in [0.25, 0.3) is 0 Å². The van der Waals surface area contributed by atoms with Crippen LogP contribution in [0.1, 0.15) is 11.4 Å². The van der Waals surface area contributed by atoms with Crippen molar-refractivity contribution in [2.45, 2.75) is 6.42 Å². The highest BCUT2D eigenvalue weighted by molar-refractivity contribution is 5.74. The maximum atomic E-state index is 4.21. The molecule has 0 bridgehead atoms. The van der Waals surface area contributed by atoms with Crippen molar-refractivity contribution in [3.8, 4) is 0 Å². The van der Waals surface area contributed by atoms with E-state index in [2.05, 4.69) is 32.4 Å². The molecule has 80 valence electrons. The second kappa shape index (κ2) is 3.44. The van der Waals surface area contributed by atoms with Crippen molar-refractivity contribution < 1.29 is 0 Å².